The zero-order valence-electron chi connectivity index (χ0n) is 11.1. The molecule has 1 amide bonds. The molecule has 0 aliphatic heterocycles. The third-order valence-electron chi connectivity index (χ3n) is 2.66. The molecule has 2 N–H and O–H groups in total. The molecular weight excluding hydrogens is 298 g/mol. The summed E-state index contributed by atoms with van der Waals surface area (Å²) in [6.07, 6.45) is 1.04. The topological polar surface area (TPSA) is 153 Å². The van der Waals surface area contributed by atoms with E-state index in [4.69, 9.17) is 0 Å². The van der Waals surface area contributed by atoms with Gasteiger partial charge in [-0.2, -0.15) is 5.10 Å². The van der Waals surface area contributed by atoms with Gasteiger partial charge in [0.25, 0.3) is 11.6 Å². The minimum atomic E-state index is -0.969. The molecule has 0 spiro atoms. The maximum atomic E-state index is 12.0. The van der Waals surface area contributed by atoms with Crippen LogP contribution in [0.2, 0.25) is 0 Å². The van der Waals surface area contributed by atoms with Crippen LogP contribution in [-0.2, 0) is 7.05 Å². The Morgan fingerprint density at radius 3 is 2.59 bits per heavy atom. The molecule has 22 heavy (non-hydrogen) atoms. The second-order valence-corrected chi connectivity index (χ2v) is 4.21. The van der Waals surface area contributed by atoms with Crippen LogP contribution in [-0.4, -0.2) is 30.6 Å². The Labute approximate surface area is 122 Å². The maximum Gasteiger partial charge on any atom is 0.320 e. The fraction of sp³-hybridized carbons (Fsp3) is 0.0909. The molecule has 1 aromatic carbocycles. The van der Waals surface area contributed by atoms with E-state index in [-0.39, 0.29) is 11.4 Å². The first-order chi connectivity index (χ1) is 10.3. The molecule has 1 aromatic heterocycles. The van der Waals surface area contributed by atoms with Crippen molar-refractivity contribution in [1.82, 2.24) is 9.78 Å². The number of carbonyl (C=O) groups is 1. The number of nitrogens with one attached hydrogen (secondary N) is 1. The summed E-state index contributed by atoms with van der Waals surface area (Å²) >= 11 is 0. The molecule has 0 aliphatic rings. The van der Waals surface area contributed by atoms with Gasteiger partial charge in [0.05, 0.1) is 15.5 Å². The molecule has 2 aromatic rings. The van der Waals surface area contributed by atoms with E-state index in [0.29, 0.717) is 0 Å². The Hall–Kier alpha value is -3.50. The van der Waals surface area contributed by atoms with E-state index in [1.54, 1.807) is 0 Å². The molecule has 11 heteroatoms. The average Bonchev–Trinajstić information content (AvgIpc) is 2.83. The van der Waals surface area contributed by atoms with Crippen molar-refractivity contribution in [3.63, 3.8) is 0 Å². The molecule has 0 saturated carbocycles. The lowest BCUT2D eigenvalue weighted by atomic mass is 10.2. The van der Waals surface area contributed by atoms with Crippen molar-refractivity contribution in [2.45, 2.75) is 0 Å². The molecule has 0 bridgehead atoms. The Bertz CT molecular complexity index is 783. The summed E-state index contributed by atoms with van der Waals surface area (Å²) in [4.78, 5) is 32.0. The summed E-state index contributed by atoms with van der Waals surface area (Å²) in [5.41, 5.74) is -1.61. The van der Waals surface area contributed by atoms with Gasteiger partial charge < -0.3 is 10.4 Å². The van der Waals surface area contributed by atoms with Gasteiger partial charge in [-0.1, -0.05) is 0 Å². The molecule has 0 atom stereocenters. The van der Waals surface area contributed by atoms with Gasteiger partial charge in [0.2, 0.25) is 5.69 Å². The number of nitro benzene ring substituents is 1. The number of non-ortho nitro benzene ring substituents is 1. The molecule has 114 valence electrons. The highest BCUT2D eigenvalue weighted by atomic mass is 16.6. The number of carbonyl (C=O) groups excluding carboxylic acids is 1. The van der Waals surface area contributed by atoms with E-state index in [0.717, 1.165) is 29.1 Å². The second kappa shape index (κ2) is 5.47. The van der Waals surface area contributed by atoms with E-state index in [9.17, 15) is 30.1 Å². The Balaban J connectivity index is 2.35. The van der Waals surface area contributed by atoms with Crippen molar-refractivity contribution in [3.8, 4) is 5.75 Å². The fourth-order valence-corrected chi connectivity index (χ4v) is 1.69. The molecule has 11 nitrogen and oxygen atoms in total. The summed E-state index contributed by atoms with van der Waals surface area (Å²) in [6.45, 7) is 0. The van der Waals surface area contributed by atoms with Crippen LogP contribution in [0.1, 0.15) is 10.5 Å². The monoisotopic (exact) mass is 307 g/mol. The number of nitrogens with zero attached hydrogens (tertiary/aromatic N) is 4. The van der Waals surface area contributed by atoms with Crippen molar-refractivity contribution in [2.75, 3.05) is 5.32 Å². The third-order valence-corrected chi connectivity index (χ3v) is 2.66. The summed E-state index contributed by atoms with van der Waals surface area (Å²) in [5.74, 6) is -1.39. The number of aryl methyl sites for hydroxylation is 1. The van der Waals surface area contributed by atoms with Crippen LogP contribution in [0.5, 0.6) is 5.75 Å². The minimum absolute atomic E-state index is 0.251. The molecule has 0 radical (unpaired) electrons. The highest BCUT2D eigenvalue weighted by Crippen LogP contribution is 2.28. The van der Waals surface area contributed by atoms with E-state index in [2.05, 4.69) is 10.4 Å². The molecule has 2 rings (SSSR count). The van der Waals surface area contributed by atoms with E-state index in [1.165, 1.54) is 7.05 Å². The van der Waals surface area contributed by atoms with Gasteiger partial charge >= 0.3 is 5.69 Å². The van der Waals surface area contributed by atoms with E-state index < -0.39 is 32.9 Å². The van der Waals surface area contributed by atoms with Crippen molar-refractivity contribution in [1.29, 1.82) is 0 Å². The second-order valence-electron chi connectivity index (χ2n) is 4.21. The maximum absolute atomic E-state index is 12.0. The number of aromatic hydroxyl groups is 1. The summed E-state index contributed by atoms with van der Waals surface area (Å²) in [7, 11) is 1.40. The number of nitro groups is 2. The van der Waals surface area contributed by atoms with Crippen LogP contribution >= 0.6 is 0 Å². The number of benzene rings is 1. The number of aromatic nitrogens is 2. The number of phenols is 1. The molecule has 0 saturated heterocycles. The molecule has 0 fully saturated rings. The zero-order valence-corrected chi connectivity index (χ0v) is 11.1. The fourth-order valence-electron chi connectivity index (χ4n) is 1.69. The number of rotatable bonds is 4. The summed E-state index contributed by atoms with van der Waals surface area (Å²) < 4.78 is 1.08. The quantitative estimate of drug-likeness (QED) is 0.488. The van der Waals surface area contributed by atoms with Crippen LogP contribution in [0.25, 0.3) is 0 Å². The van der Waals surface area contributed by atoms with Gasteiger partial charge in [-0.25, -0.2) is 0 Å². The van der Waals surface area contributed by atoms with Crippen molar-refractivity contribution < 1.29 is 19.7 Å². The van der Waals surface area contributed by atoms with Crippen molar-refractivity contribution >= 4 is 23.0 Å². The first-order valence-electron chi connectivity index (χ1n) is 5.76. The van der Waals surface area contributed by atoms with Gasteiger partial charge in [-0.05, 0) is 6.07 Å². The minimum Gasteiger partial charge on any atom is -0.506 e. The molecule has 0 unspecified atom stereocenters. The van der Waals surface area contributed by atoms with Gasteiger partial charge in [0, 0.05) is 19.2 Å². The van der Waals surface area contributed by atoms with Crippen LogP contribution in [0, 0.1) is 20.2 Å². The SMILES string of the molecule is Cn1cc([N+](=O)[O-])c(C(=O)Nc2cc([N+](=O)[O-])ccc2O)n1. The van der Waals surface area contributed by atoms with E-state index >= 15 is 0 Å². The van der Waals surface area contributed by atoms with Crippen LogP contribution in [0.4, 0.5) is 17.1 Å². The van der Waals surface area contributed by atoms with Gasteiger partial charge in [0.15, 0.2) is 0 Å². The summed E-state index contributed by atoms with van der Waals surface area (Å²) in [6, 6.07) is 3.01. The van der Waals surface area contributed by atoms with E-state index in [1.807, 2.05) is 0 Å². The predicted octanol–water partition coefficient (Wildman–Crippen LogP) is 1.19. The smallest absolute Gasteiger partial charge is 0.320 e. The normalized spacial score (nSPS) is 10.2. The number of anilines is 1. The lowest BCUT2D eigenvalue weighted by molar-refractivity contribution is -0.385. The zero-order chi connectivity index (χ0) is 16.4. The molecular formula is C11H9N5O6. The van der Waals surface area contributed by atoms with Crippen LogP contribution in [0.15, 0.2) is 24.4 Å². The first kappa shape index (κ1) is 14.9. The van der Waals surface area contributed by atoms with Crippen LogP contribution in [0.3, 0.4) is 0 Å². The van der Waals surface area contributed by atoms with Crippen molar-refractivity contribution in [2.24, 2.45) is 7.05 Å². The highest BCUT2D eigenvalue weighted by Gasteiger charge is 2.26. The predicted molar refractivity (Wildman–Crippen MR) is 72.6 cm³/mol. The average molecular weight is 307 g/mol. The van der Waals surface area contributed by atoms with Gasteiger partial charge in [0.1, 0.15) is 11.9 Å². The lowest BCUT2D eigenvalue weighted by Crippen LogP contribution is -2.14. The first-order valence-corrected chi connectivity index (χ1v) is 5.76. The number of hydrogen-bond donors (Lipinski definition) is 2. The molecule has 0 aliphatic carbocycles. The standard InChI is InChI=1S/C11H9N5O6/c1-14-5-8(16(21)22)10(13-14)11(18)12-7-4-6(15(19)20)2-3-9(7)17/h2-5,17H,1H3,(H,12,18). The highest BCUT2D eigenvalue weighted by molar-refractivity contribution is 6.06. The summed E-state index contributed by atoms with van der Waals surface area (Å²) in [5, 5.41) is 36.9. The third kappa shape index (κ3) is 2.82. The van der Waals surface area contributed by atoms with Crippen molar-refractivity contribution in [3.05, 3.63) is 50.3 Å². The number of amides is 1. The Morgan fingerprint density at radius 1 is 1.32 bits per heavy atom. The molecule has 1 heterocycles. The number of phenolic OH excluding ortho intramolecular Hbond substituents is 1. The van der Waals surface area contributed by atoms with Gasteiger partial charge in [-0.15, -0.1) is 0 Å². The Morgan fingerprint density at radius 2 is 2.00 bits per heavy atom. The van der Waals surface area contributed by atoms with Gasteiger partial charge in [-0.3, -0.25) is 29.7 Å². The Kier molecular flexibility index (Phi) is 3.71. The van der Waals surface area contributed by atoms with Crippen LogP contribution < -0.4 is 5.32 Å². The number of hydrogen-bond acceptors (Lipinski definition) is 7. The lowest BCUT2D eigenvalue weighted by Gasteiger charge is -2.05. The largest absolute Gasteiger partial charge is 0.506 e.